The molecule has 5 heteroatoms. The van der Waals surface area contributed by atoms with Crippen molar-refractivity contribution in [2.45, 2.75) is 25.3 Å². The standard InChI is InChI=1S/C16H17N5/c1-2-10-17-14(9-1)20-21-16-18-12-7-3-5-11-6-4-8-13(19-16)15(11)12/h1-3,5,7,9-10,13H,4,6,8H2,(H,17,20)(H2,18,19,21). The largest absolute Gasteiger partial charge is 0.325 e. The van der Waals surface area contributed by atoms with Crippen LogP contribution in [0, 0.1) is 0 Å². The molecule has 2 heterocycles. The normalized spacial score (nSPS) is 19.0. The van der Waals surface area contributed by atoms with Crippen LogP contribution in [-0.4, -0.2) is 10.9 Å². The van der Waals surface area contributed by atoms with E-state index in [-0.39, 0.29) is 6.04 Å². The van der Waals surface area contributed by atoms with Gasteiger partial charge in [0.2, 0.25) is 5.96 Å². The minimum absolute atomic E-state index is 0.263. The van der Waals surface area contributed by atoms with Crippen molar-refractivity contribution >= 4 is 17.5 Å². The van der Waals surface area contributed by atoms with Crippen LogP contribution < -0.4 is 16.2 Å². The molecule has 0 fully saturated rings. The molecule has 0 radical (unpaired) electrons. The number of pyridine rings is 1. The van der Waals surface area contributed by atoms with E-state index in [0.717, 1.165) is 30.3 Å². The van der Waals surface area contributed by atoms with Crippen molar-refractivity contribution in [2.75, 3.05) is 10.7 Å². The summed E-state index contributed by atoms with van der Waals surface area (Å²) in [7, 11) is 0. The van der Waals surface area contributed by atoms with Gasteiger partial charge in [-0.2, -0.15) is 0 Å². The van der Waals surface area contributed by atoms with Crippen LogP contribution in [0.1, 0.15) is 30.0 Å². The summed E-state index contributed by atoms with van der Waals surface area (Å²) in [4.78, 5) is 8.99. The third-order valence-electron chi connectivity index (χ3n) is 3.97. The molecule has 5 nitrogen and oxygen atoms in total. The van der Waals surface area contributed by atoms with Crippen molar-refractivity contribution in [1.82, 2.24) is 10.4 Å². The van der Waals surface area contributed by atoms with Gasteiger partial charge in [0.15, 0.2) is 0 Å². The predicted octanol–water partition coefficient (Wildman–Crippen LogP) is 2.86. The van der Waals surface area contributed by atoms with Gasteiger partial charge in [0, 0.05) is 17.4 Å². The molecule has 0 saturated heterocycles. The van der Waals surface area contributed by atoms with E-state index >= 15 is 0 Å². The summed E-state index contributed by atoms with van der Waals surface area (Å²) in [5.74, 6) is 1.52. The maximum Gasteiger partial charge on any atom is 0.215 e. The third-order valence-corrected chi connectivity index (χ3v) is 3.97. The average Bonchev–Trinajstić information content (AvgIpc) is 2.54. The number of benzene rings is 1. The molecule has 1 unspecified atom stereocenters. The van der Waals surface area contributed by atoms with E-state index < -0.39 is 0 Å². The lowest BCUT2D eigenvalue weighted by molar-refractivity contribution is 0.568. The molecule has 4 rings (SSSR count). The number of nitrogens with zero attached hydrogens (tertiary/aromatic N) is 2. The van der Waals surface area contributed by atoms with Gasteiger partial charge in [-0.1, -0.05) is 18.2 Å². The summed E-state index contributed by atoms with van der Waals surface area (Å²) in [6.07, 6.45) is 5.22. The monoisotopic (exact) mass is 279 g/mol. The Bertz CT molecular complexity index is 680. The molecule has 2 aromatic rings. The molecule has 1 atom stereocenters. The minimum Gasteiger partial charge on any atom is -0.325 e. The Morgan fingerprint density at radius 1 is 1.10 bits per heavy atom. The van der Waals surface area contributed by atoms with Gasteiger partial charge < -0.3 is 5.32 Å². The van der Waals surface area contributed by atoms with Crippen LogP contribution in [0.4, 0.5) is 11.5 Å². The maximum atomic E-state index is 4.77. The predicted molar refractivity (Wildman–Crippen MR) is 84.2 cm³/mol. The molecule has 3 N–H and O–H groups in total. The van der Waals surface area contributed by atoms with Gasteiger partial charge in [0.25, 0.3) is 0 Å². The zero-order valence-electron chi connectivity index (χ0n) is 11.6. The topological polar surface area (TPSA) is 61.3 Å². The van der Waals surface area contributed by atoms with E-state index in [9.17, 15) is 0 Å². The molecule has 106 valence electrons. The Morgan fingerprint density at radius 3 is 3.00 bits per heavy atom. The van der Waals surface area contributed by atoms with Crippen LogP contribution in [0.5, 0.6) is 0 Å². The summed E-state index contributed by atoms with van der Waals surface area (Å²) < 4.78 is 0. The Labute approximate surface area is 123 Å². The fourth-order valence-electron chi connectivity index (χ4n) is 3.03. The van der Waals surface area contributed by atoms with Crippen molar-refractivity contribution in [3.63, 3.8) is 0 Å². The number of nitrogens with one attached hydrogen (secondary N) is 3. The summed E-state index contributed by atoms with van der Waals surface area (Å²) >= 11 is 0. The number of anilines is 2. The summed E-state index contributed by atoms with van der Waals surface area (Å²) in [6, 6.07) is 12.4. The molecule has 1 aromatic carbocycles. The van der Waals surface area contributed by atoms with Crippen molar-refractivity contribution in [3.05, 3.63) is 53.7 Å². The second-order valence-electron chi connectivity index (χ2n) is 5.35. The zero-order chi connectivity index (χ0) is 14.1. The molecule has 0 bridgehead atoms. The number of guanidine groups is 1. The number of hydrazine groups is 1. The third kappa shape index (κ3) is 2.31. The zero-order valence-corrected chi connectivity index (χ0v) is 11.6. The first-order valence-corrected chi connectivity index (χ1v) is 7.30. The minimum atomic E-state index is 0.263. The second kappa shape index (κ2) is 5.09. The fourth-order valence-corrected chi connectivity index (χ4v) is 3.03. The Kier molecular flexibility index (Phi) is 2.96. The van der Waals surface area contributed by atoms with E-state index in [0.29, 0.717) is 0 Å². The molecular formula is C16H17N5. The number of aliphatic imine (C=N–C) groups is 1. The average molecular weight is 279 g/mol. The Balaban J connectivity index is 1.55. The van der Waals surface area contributed by atoms with Crippen LogP contribution in [-0.2, 0) is 6.42 Å². The lowest BCUT2D eigenvalue weighted by Crippen LogP contribution is -2.38. The first-order chi connectivity index (χ1) is 10.4. The van der Waals surface area contributed by atoms with Crippen molar-refractivity contribution in [1.29, 1.82) is 0 Å². The highest BCUT2D eigenvalue weighted by Gasteiger charge is 2.26. The smallest absolute Gasteiger partial charge is 0.215 e. The van der Waals surface area contributed by atoms with Gasteiger partial charge in [-0.25, -0.2) is 9.98 Å². The van der Waals surface area contributed by atoms with Crippen LogP contribution in [0.2, 0.25) is 0 Å². The fraction of sp³-hybridized carbons (Fsp3) is 0.250. The molecule has 1 aromatic heterocycles. The van der Waals surface area contributed by atoms with Gasteiger partial charge in [0.1, 0.15) is 5.82 Å². The van der Waals surface area contributed by atoms with Gasteiger partial charge in [-0.15, -0.1) is 0 Å². The van der Waals surface area contributed by atoms with E-state index in [2.05, 4.69) is 39.4 Å². The Morgan fingerprint density at radius 2 is 2.10 bits per heavy atom. The van der Waals surface area contributed by atoms with Gasteiger partial charge in [-0.05, 0) is 43.0 Å². The van der Waals surface area contributed by atoms with Crippen molar-refractivity contribution in [2.24, 2.45) is 4.99 Å². The van der Waals surface area contributed by atoms with Gasteiger partial charge in [-0.3, -0.25) is 10.9 Å². The Hall–Kier alpha value is -2.56. The molecule has 0 saturated carbocycles. The van der Waals surface area contributed by atoms with Crippen LogP contribution in [0.3, 0.4) is 0 Å². The first-order valence-electron chi connectivity index (χ1n) is 7.30. The number of hydrogen-bond donors (Lipinski definition) is 3. The maximum absolute atomic E-state index is 4.77. The lowest BCUT2D eigenvalue weighted by atomic mass is 9.86. The van der Waals surface area contributed by atoms with E-state index in [4.69, 9.17) is 4.99 Å². The quantitative estimate of drug-likeness (QED) is 0.740. The van der Waals surface area contributed by atoms with E-state index in [1.165, 1.54) is 17.5 Å². The summed E-state index contributed by atoms with van der Waals surface area (Å²) in [6.45, 7) is 0. The molecular weight excluding hydrogens is 262 g/mol. The van der Waals surface area contributed by atoms with Crippen LogP contribution >= 0.6 is 0 Å². The van der Waals surface area contributed by atoms with Crippen LogP contribution in [0.25, 0.3) is 0 Å². The van der Waals surface area contributed by atoms with E-state index in [1.807, 2.05) is 18.2 Å². The molecule has 2 aliphatic rings. The summed E-state index contributed by atoms with van der Waals surface area (Å²) in [5, 5.41) is 3.35. The molecule has 21 heavy (non-hydrogen) atoms. The SMILES string of the molecule is c1ccc(NNC2=NC3CCCc4cccc(c43)N2)nc1. The van der Waals surface area contributed by atoms with E-state index in [1.54, 1.807) is 6.20 Å². The number of rotatable bonds is 2. The van der Waals surface area contributed by atoms with Crippen molar-refractivity contribution < 1.29 is 0 Å². The second-order valence-corrected chi connectivity index (χ2v) is 5.35. The first kappa shape index (κ1) is 12.2. The lowest BCUT2D eigenvalue weighted by Gasteiger charge is -2.30. The van der Waals surface area contributed by atoms with Crippen LogP contribution in [0.15, 0.2) is 47.6 Å². The van der Waals surface area contributed by atoms with Gasteiger partial charge >= 0.3 is 0 Å². The van der Waals surface area contributed by atoms with Gasteiger partial charge in [0.05, 0.1) is 6.04 Å². The molecule has 1 aliphatic heterocycles. The van der Waals surface area contributed by atoms with Crippen molar-refractivity contribution in [3.8, 4) is 0 Å². The summed E-state index contributed by atoms with van der Waals surface area (Å²) in [5.41, 5.74) is 10.1. The molecule has 0 amide bonds. The number of hydrogen-bond acceptors (Lipinski definition) is 5. The molecule has 0 spiro atoms. The number of aromatic nitrogens is 1. The highest BCUT2D eigenvalue weighted by molar-refractivity contribution is 5.97. The highest BCUT2D eigenvalue weighted by Crippen LogP contribution is 2.39. The number of aryl methyl sites for hydroxylation is 1. The highest BCUT2D eigenvalue weighted by atomic mass is 15.4. The molecule has 1 aliphatic carbocycles.